The van der Waals surface area contributed by atoms with E-state index in [1.165, 1.54) is 11.0 Å². The maximum absolute atomic E-state index is 13.5. The zero-order valence-electron chi connectivity index (χ0n) is 14.6. The van der Waals surface area contributed by atoms with Gasteiger partial charge in [-0.15, -0.1) is 0 Å². The molecule has 2 aliphatic rings. The molecule has 2 heterocycles. The van der Waals surface area contributed by atoms with Crippen molar-refractivity contribution in [1.82, 2.24) is 0 Å². The maximum Gasteiger partial charge on any atom is 0.416 e. The normalized spacial score (nSPS) is 17.0. The lowest BCUT2D eigenvalue weighted by Crippen LogP contribution is -2.24. The summed E-state index contributed by atoms with van der Waals surface area (Å²) in [5, 5.41) is 9.29. The monoisotopic (exact) mass is 376 g/mol. The van der Waals surface area contributed by atoms with Gasteiger partial charge in [0.1, 0.15) is 0 Å². The molecule has 27 heavy (non-hydrogen) atoms. The van der Waals surface area contributed by atoms with Crippen LogP contribution in [0.4, 0.5) is 24.5 Å². The average Bonchev–Trinajstić information content (AvgIpc) is 3.29. The van der Waals surface area contributed by atoms with Crippen molar-refractivity contribution in [1.29, 1.82) is 0 Å². The minimum absolute atomic E-state index is 0.0143. The third-order valence-corrected chi connectivity index (χ3v) is 5.20. The van der Waals surface area contributed by atoms with Crippen molar-refractivity contribution in [3.8, 4) is 0 Å². The summed E-state index contributed by atoms with van der Waals surface area (Å²) in [6.07, 6.45) is -2.36. The van der Waals surface area contributed by atoms with E-state index in [1.54, 1.807) is 6.07 Å². The molecule has 7 heteroatoms. The molecule has 4 rings (SSSR count). The predicted octanol–water partition coefficient (Wildman–Crippen LogP) is 3.96. The Bertz CT molecular complexity index is 889. The Labute approximate surface area is 154 Å². The lowest BCUT2D eigenvalue weighted by atomic mass is 9.99. The highest BCUT2D eigenvalue weighted by molar-refractivity contribution is 6.10. The van der Waals surface area contributed by atoms with Crippen LogP contribution in [-0.4, -0.2) is 24.1 Å². The molecule has 2 aromatic carbocycles. The molecule has 1 amide bonds. The Morgan fingerprint density at radius 3 is 2.41 bits per heavy atom. The predicted molar refractivity (Wildman–Crippen MR) is 95.8 cm³/mol. The number of amides is 1. The quantitative estimate of drug-likeness (QED) is 0.882. The van der Waals surface area contributed by atoms with Crippen LogP contribution in [0.15, 0.2) is 36.4 Å². The number of hydrogen-bond donors (Lipinski definition) is 1. The summed E-state index contributed by atoms with van der Waals surface area (Å²) in [4.78, 5) is 16.4. The molecule has 0 bridgehead atoms. The summed E-state index contributed by atoms with van der Waals surface area (Å²) < 4.78 is 40.4. The average molecular weight is 376 g/mol. The summed E-state index contributed by atoms with van der Waals surface area (Å²) in [6.45, 7) is 1.21. The van der Waals surface area contributed by atoms with E-state index in [0.717, 1.165) is 37.7 Å². The first kappa shape index (κ1) is 17.9. The van der Waals surface area contributed by atoms with E-state index in [1.807, 2.05) is 18.2 Å². The van der Waals surface area contributed by atoms with Crippen molar-refractivity contribution < 1.29 is 23.1 Å². The van der Waals surface area contributed by atoms with Gasteiger partial charge in [0.15, 0.2) is 0 Å². The molecule has 0 aromatic heterocycles. The van der Waals surface area contributed by atoms with Gasteiger partial charge in [0.2, 0.25) is 0 Å². The van der Waals surface area contributed by atoms with Crippen molar-refractivity contribution in [2.24, 2.45) is 0 Å². The van der Waals surface area contributed by atoms with Crippen LogP contribution in [-0.2, 0) is 19.3 Å². The van der Waals surface area contributed by atoms with Gasteiger partial charge in [0.05, 0.1) is 18.7 Å². The fourth-order valence-corrected chi connectivity index (χ4v) is 3.85. The van der Waals surface area contributed by atoms with Crippen molar-refractivity contribution >= 4 is 17.3 Å². The highest BCUT2D eigenvalue weighted by Crippen LogP contribution is 2.40. The van der Waals surface area contributed by atoms with Gasteiger partial charge in [-0.1, -0.05) is 6.07 Å². The lowest BCUT2D eigenvalue weighted by molar-refractivity contribution is -0.138. The van der Waals surface area contributed by atoms with Crippen molar-refractivity contribution in [2.75, 3.05) is 22.9 Å². The van der Waals surface area contributed by atoms with Gasteiger partial charge in [0, 0.05) is 30.0 Å². The Hall–Kier alpha value is -2.54. The summed E-state index contributed by atoms with van der Waals surface area (Å²) in [5.74, 6) is -0.468. The molecule has 0 unspecified atom stereocenters. The van der Waals surface area contributed by atoms with Crippen LogP contribution in [0.3, 0.4) is 0 Å². The maximum atomic E-state index is 13.5. The van der Waals surface area contributed by atoms with Crippen LogP contribution in [0.25, 0.3) is 0 Å². The number of fused-ring (bicyclic) bond motifs is 1. The van der Waals surface area contributed by atoms with E-state index in [2.05, 4.69) is 4.90 Å². The summed E-state index contributed by atoms with van der Waals surface area (Å²) in [6, 6.07) is 9.66. The minimum Gasteiger partial charge on any atom is -0.392 e. The molecule has 1 fully saturated rings. The van der Waals surface area contributed by atoms with E-state index < -0.39 is 24.3 Å². The molecular formula is C20H19F3N2O2. The van der Waals surface area contributed by atoms with E-state index in [0.29, 0.717) is 5.69 Å². The van der Waals surface area contributed by atoms with Gasteiger partial charge in [-0.2, -0.15) is 13.2 Å². The van der Waals surface area contributed by atoms with Crippen LogP contribution < -0.4 is 9.80 Å². The smallest absolute Gasteiger partial charge is 0.392 e. The number of alkyl halides is 3. The van der Waals surface area contributed by atoms with Gasteiger partial charge in [-0.25, -0.2) is 0 Å². The number of aliphatic hydroxyl groups is 1. The number of anilines is 2. The highest BCUT2D eigenvalue weighted by atomic mass is 19.4. The summed E-state index contributed by atoms with van der Waals surface area (Å²) >= 11 is 0. The largest absolute Gasteiger partial charge is 0.416 e. The van der Waals surface area contributed by atoms with Crippen LogP contribution in [0, 0.1) is 0 Å². The second-order valence-electron chi connectivity index (χ2n) is 6.93. The number of nitrogens with zero attached hydrogens (tertiary/aromatic N) is 2. The Balaban J connectivity index is 1.73. The van der Waals surface area contributed by atoms with Gasteiger partial charge < -0.3 is 14.9 Å². The number of halogens is 3. The number of hydrogen-bond acceptors (Lipinski definition) is 3. The second kappa shape index (κ2) is 6.56. The van der Waals surface area contributed by atoms with Gasteiger partial charge in [0.25, 0.3) is 5.91 Å². The lowest BCUT2D eigenvalue weighted by Gasteiger charge is -2.21. The molecule has 0 radical (unpaired) electrons. The molecule has 0 atom stereocenters. The molecule has 142 valence electrons. The number of carbonyl (C=O) groups excluding carboxylic acids is 1. The summed E-state index contributed by atoms with van der Waals surface area (Å²) in [5.41, 5.74) is 0.773. The third kappa shape index (κ3) is 3.16. The number of benzene rings is 2. The van der Waals surface area contributed by atoms with E-state index >= 15 is 0 Å². The minimum atomic E-state index is -4.58. The Morgan fingerprint density at radius 2 is 1.74 bits per heavy atom. The van der Waals surface area contributed by atoms with Crippen molar-refractivity contribution in [3.63, 3.8) is 0 Å². The third-order valence-electron chi connectivity index (χ3n) is 5.20. The van der Waals surface area contributed by atoms with Crippen molar-refractivity contribution in [2.45, 2.75) is 32.2 Å². The Morgan fingerprint density at radius 1 is 1.04 bits per heavy atom. The Kier molecular flexibility index (Phi) is 4.34. The molecule has 0 aliphatic carbocycles. The van der Waals surface area contributed by atoms with Gasteiger partial charge >= 0.3 is 6.18 Å². The van der Waals surface area contributed by atoms with Crippen LogP contribution >= 0.6 is 0 Å². The SMILES string of the molecule is O=C1c2cc(CO)cc(C(F)(F)F)c2CN1c1cccc(N2CCCC2)c1. The summed E-state index contributed by atoms with van der Waals surface area (Å²) in [7, 11) is 0. The molecule has 1 N–H and O–H groups in total. The van der Waals surface area contributed by atoms with E-state index in [-0.39, 0.29) is 23.2 Å². The fraction of sp³-hybridized carbons (Fsp3) is 0.350. The van der Waals surface area contributed by atoms with Crippen LogP contribution in [0.2, 0.25) is 0 Å². The number of carbonyl (C=O) groups is 1. The number of rotatable bonds is 3. The molecule has 0 saturated carbocycles. The first-order chi connectivity index (χ1) is 12.9. The molecular weight excluding hydrogens is 357 g/mol. The topological polar surface area (TPSA) is 43.8 Å². The molecule has 2 aromatic rings. The molecule has 4 nitrogen and oxygen atoms in total. The van der Waals surface area contributed by atoms with Gasteiger partial charge in [-0.05, 0) is 54.3 Å². The van der Waals surface area contributed by atoms with Crippen LogP contribution in [0.5, 0.6) is 0 Å². The standard InChI is InChI=1S/C20H19F3N2O2/c21-20(22,23)18-9-13(12-26)8-16-17(18)11-25(19(16)27)15-5-3-4-14(10-15)24-6-1-2-7-24/h3-5,8-10,26H,1-2,6-7,11-12H2. The first-order valence-corrected chi connectivity index (χ1v) is 8.89. The van der Waals surface area contributed by atoms with Crippen LogP contribution in [0.1, 0.15) is 39.9 Å². The van der Waals surface area contributed by atoms with E-state index in [4.69, 9.17) is 0 Å². The highest BCUT2D eigenvalue weighted by Gasteiger charge is 2.40. The number of aliphatic hydroxyl groups excluding tert-OH is 1. The second-order valence-corrected chi connectivity index (χ2v) is 6.93. The van der Waals surface area contributed by atoms with E-state index in [9.17, 15) is 23.1 Å². The molecule has 1 saturated heterocycles. The zero-order chi connectivity index (χ0) is 19.2. The van der Waals surface area contributed by atoms with Crippen molar-refractivity contribution in [3.05, 3.63) is 58.7 Å². The first-order valence-electron chi connectivity index (χ1n) is 8.89. The molecule has 2 aliphatic heterocycles. The zero-order valence-corrected chi connectivity index (χ0v) is 14.6. The molecule has 0 spiro atoms. The fourth-order valence-electron chi connectivity index (χ4n) is 3.85. The van der Waals surface area contributed by atoms with Gasteiger partial charge in [-0.3, -0.25) is 4.79 Å².